The van der Waals surface area contributed by atoms with Crippen LogP contribution in [0.3, 0.4) is 0 Å². The highest BCUT2D eigenvalue weighted by Gasteiger charge is 2.14. The minimum Gasteiger partial charge on any atom is -0.352 e. The quantitative estimate of drug-likeness (QED) is 0.851. The van der Waals surface area contributed by atoms with Crippen LogP contribution in [-0.2, 0) is 0 Å². The van der Waals surface area contributed by atoms with E-state index in [1.165, 1.54) is 0 Å². The molecule has 0 saturated carbocycles. The largest absolute Gasteiger partial charge is 0.352 e. The molecule has 18 heavy (non-hydrogen) atoms. The van der Waals surface area contributed by atoms with Gasteiger partial charge in [0, 0.05) is 0 Å². The minimum absolute atomic E-state index is 0.205. The van der Waals surface area contributed by atoms with Gasteiger partial charge in [-0.05, 0) is 18.1 Å². The zero-order chi connectivity index (χ0) is 13.0. The highest BCUT2D eigenvalue weighted by atomic mass is 16.2. The maximum Gasteiger partial charge on any atom is 0.312 e. The van der Waals surface area contributed by atoms with Gasteiger partial charge in [-0.15, -0.1) is 0 Å². The Labute approximate surface area is 107 Å². The summed E-state index contributed by atoms with van der Waals surface area (Å²) in [5, 5.41) is 2.78. The first-order valence-corrected chi connectivity index (χ1v) is 5.84. The molecule has 2 aromatic carbocycles. The van der Waals surface area contributed by atoms with Crippen LogP contribution in [0.25, 0.3) is 0 Å². The molecule has 0 bridgehead atoms. The van der Waals surface area contributed by atoms with Gasteiger partial charge in [0.25, 0.3) is 0 Å². The van der Waals surface area contributed by atoms with Crippen molar-refractivity contribution in [2.45, 2.75) is 13.0 Å². The SMILES string of the molecule is Cc1cccc([C@@H](NC(N)=O)c2ccccc2)c1. The van der Waals surface area contributed by atoms with Crippen LogP contribution in [0.15, 0.2) is 54.6 Å². The van der Waals surface area contributed by atoms with Crippen molar-refractivity contribution >= 4 is 6.03 Å². The molecule has 3 nitrogen and oxygen atoms in total. The molecule has 0 unspecified atom stereocenters. The van der Waals surface area contributed by atoms with E-state index in [0.29, 0.717) is 0 Å². The molecule has 0 aromatic heterocycles. The van der Waals surface area contributed by atoms with E-state index in [9.17, 15) is 4.79 Å². The number of benzene rings is 2. The van der Waals surface area contributed by atoms with Crippen molar-refractivity contribution in [3.8, 4) is 0 Å². The highest BCUT2D eigenvalue weighted by Crippen LogP contribution is 2.22. The molecule has 0 fully saturated rings. The van der Waals surface area contributed by atoms with Crippen LogP contribution in [0, 0.1) is 6.92 Å². The second kappa shape index (κ2) is 5.36. The summed E-state index contributed by atoms with van der Waals surface area (Å²) < 4.78 is 0. The van der Waals surface area contributed by atoms with Crippen LogP contribution in [0.1, 0.15) is 22.7 Å². The van der Waals surface area contributed by atoms with Crippen molar-refractivity contribution in [3.63, 3.8) is 0 Å². The van der Waals surface area contributed by atoms with Crippen LogP contribution in [-0.4, -0.2) is 6.03 Å². The van der Waals surface area contributed by atoms with Crippen LogP contribution in [0.4, 0.5) is 4.79 Å². The van der Waals surface area contributed by atoms with Gasteiger partial charge >= 0.3 is 6.03 Å². The Hall–Kier alpha value is -2.29. The fourth-order valence-electron chi connectivity index (χ4n) is 2.00. The summed E-state index contributed by atoms with van der Waals surface area (Å²) in [6.45, 7) is 2.02. The average molecular weight is 240 g/mol. The lowest BCUT2D eigenvalue weighted by Gasteiger charge is -2.19. The van der Waals surface area contributed by atoms with Gasteiger partial charge in [-0.2, -0.15) is 0 Å². The van der Waals surface area contributed by atoms with E-state index in [0.717, 1.165) is 16.7 Å². The molecule has 0 spiro atoms. The summed E-state index contributed by atoms with van der Waals surface area (Å²) in [5.41, 5.74) is 8.45. The minimum atomic E-state index is -0.523. The monoisotopic (exact) mass is 240 g/mol. The van der Waals surface area contributed by atoms with Crippen molar-refractivity contribution in [1.29, 1.82) is 0 Å². The molecule has 0 aliphatic rings. The topological polar surface area (TPSA) is 55.1 Å². The molecule has 1 atom stereocenters. The number of nitrogens with two attached hydrogens (primary N) is 1. The maximum absolute atomic E-state index is 11.2. The van der Waals surface area contributed by atoms with E-state index in [4.69, 9.17) is 5.73 Å². The second-order valence-corrected chi connectivity index (χ2v) is 4.27. The van der Waals surface area contributed by atoms with Gasteiger partial charge in [0.15, 0.2) is 0 Å². The van der Waals surface area contributed by atoms with E-state index < -0.39 is 6.03 Å². The Morgan fingerprint density at radius 1 is 1.06 bits per heavy atom. The van der Waals surface area contributed by atoms with Gasteiger partial charge in [-0.3, -0.25) is 0 Å². The lowest BCUT2D eigenvalue weighted by molar-refractivity contribution is 0.247. The number of hydrogen-bond donors (Lipinski definition) is 2. The summed E-state index contributed by atoms with van der Waals surface area (Å²) >= 11 is 0. The van der Waals surface area contributed by atoms with Gasteiger partial charge in [0.1, 0.15) is 0 Å². The lowest BCUT2D eigenvalue weighted by atomic mass is 9.97. The Bertz CT molecular complexity index is 537. The molecule has 0 heterocycles. The Morgan fingerprint density at radius 2 is 1.72 bits per heavy atom. The molecule has 2 aromatic rings. The van der Waals surface area contributed by atoms with Crippen LogP contribution in [0.5, 0.6) is 0 Å². The van der Waals surface area contributed by atoms with Gasteiger partial charge in [0.2, 0.25) is 0 Å². The van der Waals surface area contributed by atoms with E-state index >= 15 is 0 Å². The number of carbonyl (C=O) groups is 1. The van der Waals surface area contributed by atoms with E-state index in [1.807, 2.05) is 61.5 Å². The maximum atomic E-state index is 11.2. The third kappa shape index (κ3) is 2.88. The van der Waals surface area contributed by atoms with Crippen molar-refractivity contribution in [2.24, 2.45) is 5.73 Å². The fraction of sp³-hybridized carbons (Fsp3) is 0.133. The van der Waals surface area contributed by atoms with Crippen LogP contribution in [0.2, 0.25) is 0 Å². The van der Waals surface area contributed by atoms with Crippen molar-refractivity contribution in [3.05, 3.63) is 71.3 Å². The molecule has 0 aliphatic heterocycles. The fourth-order valence-corrected chi connectivity index (χ4v) is 2.00. The summed E-state index contributed by atoms with van der Waals surface area (Å²) in [7, 11) is 0. The number of hydrogen-bond acceptors (Lipinski definition) is 1. The summed E-state index contributed by atoms with van der Waals surface area (Å²) in [6, 6.07) is 17.1. The second-order valence-electron chi connectivity index (χ2n) is 4.27. The van der Waals surface area contributed by atoms with E-state index in [1.54, 1.807) is 0 Å². The van der Waals surface area contributed by atoms with Crippen LogP contribution >= 0.6 is 0 Å². The van der Waals surface area contributed by atoms with E-state index in [-0.39, 0.29) is 6.04 Å². The molecule has 0 saturated heterocycles. The molecule has 3 heteroatoms. The molecule has 0 radical (unpaired) electrons. The Morgan fingerprint density at radius 3 is 2.33 bits per heavy atom. The van der Waals surface area contributed by atoms with Gasteiger partial charge < -0.3 is 11.1 Å². The molecular weight excluding hydrogens is 224 g/mol. The average Bonchev–Trinajstić information content (AvgIpc) is 2.37. The first kappa shape index (κ1) is 12.2. The number of urea groups is 1. The number of aryl methyl sites for hydroxylation is 1. The predicted octanol–water partition coefficient (Wildman–Crippen LogP) is 2.75. The summed E-state index contributed by atoms with van der Waals surface area (Å²) in [5.74, 6) is 0. The predicted molar refractivity (Wildman–Crippen MR) is 72.2 cm³/mol. The van der Waals surface area contributed by atoms with Crippen molar-refractivity contribution in [1.82, 2.24) is 5.32 Å². The highest BCUT2D eigenvalue weighted by molar-refractivity contribution is 5.73. The smallest absolute Gasteiger partial charge is 0.312 e. The standard InChI is InChI=1S/C15H16N2O/c1-11-6-5-9-13(10-11)14(17-15(16)18)12-7-3-2-4-8-12/h2-10,14H,1H3,(H3,16,17,18)/t14-/m0/s1. The number of amides is 2. The van der Waals surface area contributed by atoms with Crippen molar-refractivity contribution in [2.75, 3.05) is 0 Å². The molecular formula is C15H16N2O. The Kier molecular flexibility index (Phi) is 3.63. The van der Waals surface area contributed by atoms with Crippen LogP contribution < -0.4 is 11.1 Å². The molecule has 2 amide bonds. The molecule has 92 valence electrons. The molecule has 0 aliphatic carbocycles. The number of primary amides is 1. The van der Waals surface area contributed by atoms with E-state index in [2.05, 4.69) is 5.32 Å². The summed E-state index contributed by atoms with van der Waals surface area (Å²) in [6.07, 6.45) is 0. The number of rotatable bonds is 3. The number of nitrogens with one attached hydrogen (secondary N) is 1. The summed E-state index contributed by atoms with van der Waals surface area (Å²) in [4.78, 5) is 11.2. The lowest BCUT2D eigenvalue weighted by Crippen LogP contribution is -2.33. The number of carbonyl (C=O) groups excluding carboxylic acids is 1. The van der Waals surface area contributed by atoms with Gasteiger partial charge in [-0.25, -0.2) is 4.79 Å². The zero-order valence-electron chi connectivity index (χ0n) is 10.3. The Balaban J connectivity index is 2.40. The third-order valence-corrected chi connectivity index (χ3v) is 2.79. The van der Waals surface area contributed by atoms with Crippen molar-refractivity contribution < 1.29 is 4.79 Å². The first-order valence-electron chi connectivity index (χ1n) is 5.84. The van der Waals surface area contributed by atoms with Gasteiger partial charge in [0.05, 0.1) is 6.04 Å². The zero-order valence-corrected chi connectivity index (χ0v) is 10.3. The molecule has 3 N–H and O–H groups in total. The third-order valence-electron chi connectivity index (χ3n) is 2.79. The molecule has 2 rings (SSSR count). The first-order chi connectivity index (χ1) is 8.66. The normalized spacial score (nSPS) is 11.8. The van der Waals surface area contributed by atoms with Gasteiger partial charge in [-0.1, -0.05) is 60.2 Å².